The highest BCUT2D eigenvalue weighted by Gasteiger charge is 2.36. The van der Waals surface area contributed by atoms with Gasteiger partial charge in [0.2, 0.25) is 0 Å². The van der Waals surface area contributed by atoms with Crippen LogP contribution in [0, 0.1) is 13.0 Å². The molecule has 0 radical (unpaired) electrons. The van der Waals surface area contributed by atoms with Crippen LogP contribution < -0.4 is 15.0 Å². The topological polar surface area (TPSA) is 75.7 Å². The highest BCUT2D eigenvalue weighted by atomic mass is 127. The fourth-order valence-corrected chi connectivity index (χ4v) is 5.33. The molecule has 4 rings (SSSR count). The molecule has 0 aliphatic carbocycles. The first-order valence-electron chi connectivity index (χ1n) is 9.67. The number of urea groups is 1. The van der Waals surface area contributed by atoms with Crippen LogP contribution in [0.2, 0.25) is 0 Å². The number of imide groups is 2. The lowest BCUT2D eigenvalue weighted by molar-refractivity contribution is -0.122. The number of carbonyl (C=O) groups is 3. The Morgan fingerprint density at radius 1 is 0.939 bits per heavy atom. The lowest BCUT2D eigenvalue weighted by Gasteiger charge is -2.26. The van der Waals surface area contributed by atoms with Gasteiger partial charge in [0.15, 0.2) is 0 Å². The zero-order valence-corrected chi connectivity index (χ0v) is 21.2. The van der Waals surface area contributed by atoms with Crippen LogP contribution in [0.1, 0.15) is 11.1 Å². The van der Waals surface area contributed by atoms with E-state index in [1.54, 1.807) is 60.7 Å². The van der Waals surface area contributed by atoms with Gasteiger partial charge < -0.3 is 4.74 Å². The van der Waals surface area contributed by atoms with E-state index in [0.717, 1.165) is 12.0 Å². The maximum absolute atomic E-state index is 13.9. The third kappa shape index (κ3) is 5.08. The van der Waals surface area contributed by atoms with Crippen LogP contribution in [0.5, 0.6) is 5.75 Å². The molecule has 3 aromatic rings. The third-order valence-electron chi connectivity index (χ3n) is 4.78. The van der Waals surface area contributed by atoms with Crippen molar-refractivity contribution in [3.8, 4) is 5.75 Å². The Kier molecular flexibility index (Phi) is 7.08. The highest BCUT2D eigenvalue weighted by molar-refractivity contribution is 14.1. The second-order valence-corrected chi connectivity index (χ2v) is 9.31. The molecular formula is C24H15FI2N2O4. The van der Waals surface area contributed by atoms with Gasteiger partial charge in [-0.2, -0.15) is 0 Å². The molecule has 0 bridgehead atoms. The summed E-state index contributed by atoms with van der Waals surface area (Å²) in [5.41, 5.74) is 1.22. The summed E-state index contributed by atoms with van der Waals surface area (Å²) in [6.07, 6.45) is 1.44. The minimum Gasteiger partial charge on any atom is -0.487 e. The van der Waals surface area contributed by atoms with Gasteiger partial charge >= 0.3 is 6.03 Å². The number of ether oxygens (including phenoxy) is 1. The van der Waals surface area contributed by atoms with Gasteiger partial charge in [0.1, 0.15) is 23.7 Å². The SMILES string of the molecule is O=C1NC(=O)N(c2ccccc2)C(=O)/C1=C\c1cc(I)c(OCc2ccccc2F)c(I)c1. The van der Waals surface area contributed by atoms with E-state index in [0.29, 0.717) is 22.6 Å². The number of benzene rings is 3. The first-order valence-corrected chi connectivity index (χ1v) is 11.8. The van der Waals surface area contributed by atoms with Crippen LogP contribution >= 0.6 is 45.2 Å². The number of hydrogen-bond acceptors (Lipinski definition) is 4. The summed E-state index contributed by atoms with van der Waals surface area (Å²) in [5.74, 6) is -1.24. The second kappa shape index (κ2) is 10.00. The summed E-state index contributed by atoms with van der Waals surface area (Å²) in [6.45, 7) is 0.0636. The molecule has 1 N–H and O–H groups in total. The molecule has 4 amide bonds. The Balaban J connectivity index is 1.61. The number of carbonyl (C=O) groups excluding carboxylic acids is 3. The fraction of sp³-hybridized carbons (Fsp3) is 0.0417. The van der Waals surface area contributed by atoms with E-state index in [4.69, 9.17) is 4.74 Å². The smallest absolute Gasteiger partial charge is 0.335 e. The molecule has 6 nitrogen and oxygen atoms in total. The van der Waals surface area contributed by atoms with Crippen LogP contribution in [0.3, 0.4) is 0 Å². The first kappa shape index (κ1) is 23.4. The number of para-hydroxylation sites is 1. The molecule has 1 heterocycles. The van der Waals surface area contributed by atoms with Crippen LogP contribution in [0.4, 0.5) is 14.9 Å². The summed E-state index contributed by atoms with van der Waals surface area (Å²) < 4.78 is 21.2. The largest absolute Gasteiger partial charge is 0.487 e. The number of nitrogens with one attached hydrogen (secondary N) is 1. The maximum Gasteiger partial charge on any atom is 0.335 e. The van der Waals surface area contributed by atoms with Crippen LogP contribution in [-0.2, 0) is 16.2 Å². The van der Waals surface area contributed by atoms with Crippen LogP contribution in [-0.4, -0.2) is 17.8 Å². The van der Waals surface area contributed by atoms with Crippen molar-refractivity contribution in [2.75, 3.05) is 4.90 Å². The van der Waals surface area contributed by atoms with Crippen molar-refractivity contribution < 1.29 is 23.5 Å². The van der Waals surface area contributed by atoms with Gasteiger partial charge in [-0.05, 0) is 87.2 Å². The van der Waals surface area contributed by atoms with Crippen molar-refractivity contribution in [1.82, 2.24) is 5.32 Å². The lowest BCUT2D eigenvalue weighted by atomic mass is 10.1. The van der Waals surface area contributed by atoms with Crippen molar-refractivity contribution in [2.24, 2.45) is 0 Å². The molecule has 1 saturated heterocycles. The number of barbiturate groups is 1. The third-order valence-corrected chi connectivity index (χ3v) is 6.38. The predicted octanol–water partition coefficient (Wildman–Crippen LogP) is 5.28. The minimum atomic E-state index is -0.797. The van der Waals surface area contributed by atoms with Gasteiger partial charge in [0.25, 0.3) is 11.8 Å². The standard InChI is InChI=1S/C24H15FI2N2O4/c25-18-9-5-4-6-15(18)13-33-21-19(26)11-14(12-20(21)27)10-17-22(30)28-24(32)29(23(17)31)16-7-2-1-3-8-16/h1-12H,13H2,(H,28,30,32)/b17-10-. The molecule has 0 spiro atoms. The minimum absolute atomic E-state index is 0.0636. The summed E-state index contributed by atoms with van der Waals surface area (Å²) in [4.78, 5) is 38.6. The highest BCUT2D eigenvalue weighted by Crippen LogP contribution is 2.31. The molecule has 1 aliphatic rings. The Labute approximate surface area is 216 Å². The molecule has 9 heteroatoms. The van der Waals surface area contributed by atoms with E-state index in [2.05, 4.69) is 50.5 Å². The number of nitrogens with zero attached hydrogens (tertiary/aromatic N) is 1. The predicted molar refractivity (Wildman–Crippen MR) is 138 cm³/mol. The van der Waals surface area contributed by atoms with Crippen molar-refractivity contribution in [1.29, 1.82) is 0 Å². The molecule has 0 atom stereocenters. The van der Waals surface area contributed by atoms with E-state index < -0.39 is 17.8 Å². The molecule has 0 unspecified atom stereocenters. The zero-order valence-electron chi connectivity index (χ0n) is 16.8. The summed E-state index contributed by atoms with van der Waals surface area (Å²) in [7, 11) is 0. The fourth-order valence-electron chi connectivity index (χ4n) is 3.20. The van der Waals surface area contributed by atoms with Gasteiger partial charge in [-0.25, -0.2) is 14.1 Å². The van der Waals surface area contributed by atoms with Crippen LogP contribution in [0.15, 0.2) is 72.3 Å². The van der Waals surface area contributed by atoms with Gasteiger partial charge in [0, 0.05) is 5.56 Å². The number of amides is 4. The molecule has 166 valence electrons. The van der Waals surface area contributed by atoms with Crippen molar-refractivity contribution >= 4 is 74.8 Å². The number of hydrogen-bond donors (Lipinski definition) is 1. The van der Waals surface area contributed by atoms with Gasteiger partial charge in [-0.15, -0.1) is 0 Å². The molecule has 1 fully saturated rings. The summed E-state index contributed by atoms with van der Waals surface area (Å²) in [6, 6.07) is 17.4. The van der Waals surface area contributed by atoms with E-state index in [9.17, 15) is 18.8 Å². The summed E-state index contributed by atoms with van der Waals surface area (Å²) >= 11 is 4.16. The second-order valence-electron chi connectivity index (χ2n) is 6.99. The van der Waals surface area contributed by atoms with Crippen molar-refractivity contribution in [2.45, 2.75) is 6.61 Å². The van der Waals surface area contributed by atoms with E-state index in [-0.39, 0.29) is 18.0 Å². The molecule has 0 aromatic heterocycles. The normalized spacial score (nSPS) is 15.1. The van der Waals surface area contributed by atoms with E-state index >= 15 is 0 Å². The van der Waals surface area contributed by atoms with Crippen LogP contribution in [0.25, 0.3) is 6.08 Å². The Morgan fingerprint density at radius 3 is 2.24 bits per heavy atom. The average Bonchev–Trinajstić information content (AvgIpc) is 2.78. The monoisotopic (exact) mass is 668 g/mol. The molecule has 0 saturated carbocycles. The molecule has 3 aromatic carbocycles. The quantitative estimate of drug-likeness (QED) is 0.228. The van der Waals surface area contributed by atoms with Gasteiger partial charge in [-0.1, -0.05) is 36.4 Å². The lowest BCUT2D eigenvalue weighted by Crippen LogP contribution is -2.54. The molecular weight excluding hydrogens is 653 g/mol. The zero-order chi connectivity index (χ0) is 23.5. The first-order chi connectivity index (χ1) is 15.8. The maximum atomic E-state index is 13.9. The number of rotatable bonds is 5. The summed E-state index contributed by atoms with van der Waals surface area (Å²) in [5, 5.41) is 2.21. The Hall–Kier alpha value is -2.80. The van der Waals surface area contributed by atoms with Gasteiger partial charge in [0.05, 0.1) is 12.8 Å². The molecule has 1 aliphatic heterocycles. The number of anilines is 1. The van der Waals surface area contributed by atoms with Gasteiger partial charge in [-0.3, -0.25) is 14.9 Å². The van der Waals surface area contributed by atoms with Crippen molar-refractivity contribution in [3.63, 3.8) is 0 Å². The number of halogens is 3. The van der Waals surface area contributed by atoms with E-state index in [1.165, 1.54) is 12.1 Å². The Bertz CT molecular complexity index is 1270. The average molecular weight is 668 g/mol. The molecule has 33 heavy (non-hydrogen) atoms. The van der Waals surface area contributed by atoms with Crippen molar-refractivity contribution in [3.05, 3.63) is 96.4 Å². The Morgan fingerprint density at radius 2 is 1.58 bits per heavy atom. The van der Waals surface area contributed by atoms with E-state index in [1.807, 2.05) is 0 Å².